The average molecular weight is 362 g/mol. The van der Waals surface area contributed by atoms with E-state index in [2.05, 4.69) is 30.9 Å². The fourth-order valence-electron chi connectivity index (χ4n) is 2.70. The topological polar surface area (TPSA) is 78.8 Å². The monoisotopic (exact) mass is 361 g/mol. The summed E-state index contributed by atoms with van der Waals surface area (Å²) in [4.78, 5) is 13.1. The van der Waals surface area contributed by atoms with Crippen LogP contribution in [0.5, 0.6) is 5.75 Å². The molecule has 3 aromatic rings. The summed E-state index contributed by atoms with van der Waals surface area (Å²) >= 11 is 3.45. The van der Waals surface area contributed by atoms with Crippen molar-refractivity contribution in [2.45, 2.75) is 20.8 Å². The number of anilines is 1. The first kappa shape index (κ1) is 14.8. The fraction of sp³-hybridized carbons (Fsp3) is 0.267. The fourth-order valence-corrected chi connectivity index (χ4v) is 3.37. The quantitative estimate of drug-likeness (QED) is 0.709. The van der Waals surface area contributed by atoms with Crippen molar-refractivity contribution in [3.63, 3.8) is 0 Å². The van der Waals surface area contributed by atoms with Gasteiger partial charge in [0.25, 0.3) is 0 Å². The molecule has 2 N–H and O–H groups in total. The molecule has 0 aliphatic carbocycles. The molecule has 6 nitrogen and oxygen atoms in total. The maximum Gasteiger partial charge on any atom is 0.223 e. The highest BCUT2D eigenvalue weighted by Gasteiger charge is 2.17. The highest BCUT2D eigenvalue weighted by molar-refractivity contribution is 9.10. The largest absolute Gasteiger partial charge is 0.496 e. The Balaban J connectivity index is 2.37. The van der Waals surface area contributed by atoms with Crippen LogP contribution in [0.1, 0.15) is 16.7 Å². The Bertz CT molecular complexity index is 888. The summed E-state index contributed by atoms with van der Waals surface area (Å²) in [6.45, 7) is 5.96. The summed E-state index contributed by atoms with van der Waals surface area (Å²) in [6, 6.07) is 0. The SMILES string of the molecule is COc1c(C)cnc(-n2cc(C)c3c(Br)nc(N)nc32)c1C. The van der Waals surface area contributed by atoms with E-state index in [1.807, 2.05) is 31.5 Å². The van der Waals surface area contributed by atoms with Gasteiger partial charge >= 0.3 is 0 Å². The van der Waals surface area contributed by atoms with E-state index in [1.165, 1.54) is 0 Å². The van der Waals surface area contributed by atoms with E-state index in [0.717, 1.165) is 39.3 Å². The van der Waals surface area contributed by atoms with Gasteiger partial charge in [0.2, 0.25) is 5.95 Å². The van der Waals surface area contributed by atoms with Gasteiger partial charge in [0, 0.05) is 23.5 Å². The minimum absolute atomic E-state index is 0.218. The first-order chi connectivity index (χ1) is 10.4. The van der Waals surface area contributed by atoms with Crippen molar-refractivity contribution >= 4 is 32.9 Å². The number of nitrogen functional groups attached to an aromatic ring is 1. The van der Waals surface area contributed by atoms with Gasteiger partial charge in [-0.1, -0.05) is 0 Å². The molecular weight excluding hydrogens is 346 g/mol. The molecule has 3 aromatic heterocycles. The van der Waals surface area contributed by atoms with Gasteiger partial charge in [-0.2, -0.15) is 4.98 Å². The van der Waals surface area contributed by atoms with Crippen molar-refractivity contribution in [3.8, 4) is 11.6 Å². The molecule has 0 saturated heterocycles. The molecule has 22 heavy (non-hydrogen) atoms. The van der Waals surface area contributed by atoms with Crippen LogP contribution in [-0.2, 0) is 0 Å². The van der Waals surface area contributed by atoms with Crippen LogP contribution in [-0.4, -0.2) is 26.6 Å². The van der Waals surface area contributed by atoms with Crippen LogP contribution in [0.2, 0.25) is 0 Å². The average Bonchev–Trinajstić information content (AvgIpc) is 2.76. The molecular formula is C15H16BrN5O. The highest BCUT2D eigenvalue weighted by Crippen LogP contribution is 2.32. The molecule has 0 bridgehead atoms. The number of aromatic nitrogens is 4. The number of aryl methyl sites for hydroxylation is 2. The molecule has 0 fully saturated rings. The molecule has 3 heterocycles. The van der Waals surface area contributed by atoms with Crippen molar-refractivity contribution in [1.29, 1.82) is 0 Å². The number of pyridine rings is 1. The lowest BCUT2D eigenvalue weighted by molar-refractivity contribution is 0.407. The molecule has 0 aliphatic rings. The van der Waals surface area contributed by atoms with Gasteiger partial charge in [-0.05, 0) is 42.3 Å². The van der Waals surface area contributed by atoms with Crippen molar-refractivity contribution in [2.24, 2.45) is 0 Å². The second-order valence-corrected chi connectivity index (χ2v) is 5.93. The summed E-state index contributed by atoms with van der Waals surface area (Å²) in [7, 11) is 1.66. The van der Waals surface area contributed by atoms with Gasteiger partial charge in [0.15, 0.2) is 5.65 Å². The number of ether oxygens (including phenoxy) is 1. The number of fused-ring (bicyclic) bond motifs is 1. The van der Waals surface area contributed by atoms with Crippen LogP contribution >= 0.6 is 15.9 Å². The third kappa shape index (κ3) is 2.12. The summed E-state index contributed by atoms with van der Waals surface area (Å²) in [5.74, 6) is 1.81. The third-order valence-electron chi connectivity index (χ3n) is 3.66. The number of nitrogens with two attached hydrogens (primary N) is 1. The van der Waals surface area contributed by atoms with Gasteiger partial charge in [-0.3, -0.25) is 4.57 Å². The van der Waals surface area contributed by atoms with Crippen molar-refractivity contribution in [2.75, 3.05) is 12.8 Å². The summed E-state index contributed by atoms with van der Waals surface area (Å²) < 4.78 is 8.09. The van der Waals surface area contributed by atoms with E-state index in [9.17, 15) is 0 Å². The van der Waals surface area contributed by atoms with Crippen molar-refractivity contribution in [1.82, 2.24) is 19.5 Å². The van der Waals surface area contributed by atoms with E-state index >= 15 is 0 Å². The lowest BCUT2D eigenvalue weighted by atomic mass is 10.2. The van der Waals surface area contributed by atoms with Crippen molar-refractivity contribution in [3.05, 3.63) is 33.7 Å². The van der Waals surface area contributed by atoms with Crippen LogP contribution < -0.4 is 10.5 Å². The number of nitrogens with zero attached hydrogens (tertiary/aromatic N) is 4. The first-order valence-corrected chi connectivity index (χ1v) is 7.54. The zero-order valence-corrected chi connectivity index (χ0v) is 14.4. The Morgan fingerprint density at radius 1 is 1.18 bits per heavy atom. The summed E-state index contributed by atoms with van der Waals surface area (Å²) in [5.41, 5.74) is 9.50. The van der Waals surface area contributed by atoms with Crippen LogP contribution in [0.3, 0.4) is 0 Å². The third-order valence-corrected chi connectivity index (χ3v) is 4.23. The van der Waals surface area contributed by atoms with E-state index in [-0.39, 0.29) is 5.95 Å². The van der Waals surface area contributed by atoms with Crippen LogP contribution in [0.4, 0.5) is 5.95 Å². The van der Waals surface area contributed by atoms with E-state index in [4.69, 9.17) is 10.5 Å². The maximum atomic E-state index is 5.79. The number of hydrogen-bond donors (Lipinski definition) is 1. The molecule has 3 rings (SSSR count). The van der Waals surface area contributed by atoms with Crippen LogP contribution in [0.15, 0.2) is 17.0 Å². The predicted octanol–water partition coefficient (Wildman–Crippen LogP) is 3.09. The van der Waals surface area contributed by atoms with Crippen LogP contribution in [0, 0.1) is 20.8 Å². The van der Waals surface area contributed by atoms with E-state index < -0.39 is 0 Å². The number of hydrogen-bond acceptors (Lipinski definition) is 5. The molecule has 0 aromatic carbocycles. The zero-order valence-electron chi connectivity index (χ0n) is 12.8. The Labute approximate surface area is 136 Å². The smallest absolute Gasteiger partial charge is 0.223 e. The lowest BCUT2D eigenvalue weighted by Crippen LogP contribution is -2.05. The van der Waals surface area contributed by atoms with E-state index in [0.29, 0.717) is 4.60 Å². The molecule has 0 amide bonds. The second-order valence-electron chi connectivity index (χ2n) is 5.18. The molecule has 0 unspecified atom stereocenters. The Hall–Kier alpha value is -2.15. The summed E-state index contributed by atoms with van der Waals surface area (Å²) in [6.07, 6.45) is 3.77. The second kappa shape index (κ2) is 5.24. The van der Waals surface area contributed by atoms with Gasteiger partial charge in [0.1, 0.15) is 16.2 Å². The van der Waals surface area contributed by atoms with Gasteiger partial charge in [0.05, 0.1) is 12.5 Å². The Morgan fingerprint density at radius 3 is 2.59 bits per heavy atom. The molecule has 0 atom stereocenters. The summed E-state index contributed by atoms with van der Waals surface area (Å²) in [5, 5.41) is 0.926. The van der Waals surface area contributed by atoms with Gasteiger partial charge < -0.3 is 10.5 Å². The molecule has 0 aliphatic heterocycles. The molecule has 7 heteroatoms. The standard InChI is InChI=1S/C15H16BrN5O/c1-7-5-18-13(9(3)11(7)22-4)21-6-8(2)10-12(16)19-15(17)20-14(10)21/h5-6H,1-4H3,(H2,17,19,20). The van der Waals surface area contributed by atoms with Gasteiger partial charge in [-0.25, -0.2) is 9.97 Å². The number of methoxy groups -OCH3 is 1. The number of rotatable bonds is 2. The predicted molar refractivity (Wildman–Crippen MR) is 89.5 cm³/mol. The molecule has 0 saturated carbocycles. The minimum atomic E-state index is 0.218. The normalized spacial score (nSPS) is 11.1. The molecule has 0 spiro atoms. The van der Waals surface area contributed by atoms with Gasteiger partial charge in [-0.15, -0.1) is 0 Å². The Kier molecular flexibility index (Phi) is 3.52. The minimum Gasteiger partial charge on any atom is -0.496 e. The van der Waals surface area contributed by atoms with Crippen LogP contribution in [0.25, 0.3) is 16.9 Å². The molecule has 0 radical (unpaired) electrons. The molecule has 114 valence electrons. The number of halogens is 1. The lowest BCUT2D eigenvalue weighted by Gasteiger charge is -2.13. The highest BCUT2D eigenvalue weighted by atomic mass is 79.9. The van der Waals surface area contributed by atoms with Crippen molar-refractivity contribution < 1.29 is 4.74 Å². The zero-order chi connectivity index (χ0) is 16.0. The first-order valence-electron chi connectivity index (χ1n) is 6.75. The Morgan fingerprint density at radius 2 is 1.91 bits per heavy atom. The van der Waals surface area contributed by atoms with E-state index in [1.54, 1.807) is 13.3 Å². The maximum absolute atomic E-state index is 5.79.